The van der Waals surface area contributed by atoms with Crippen LogP contribution >= 0.6 is 0 Å². The van der Waals surface area contributed by atoms with Crippen molar-refractivity contribution in [2.75, 3.05) is 18.5 Å². The van der Waals surface area contributed by atoms with Gasteiger partial charge in [-0.3, -0.25) is 9.59 Å². The van der Waals surface area contributed by atoms with Gasteiger partial charge in [0.2, 0.25) is 0 Å². The topological polar surface area (TPSA) is 64.6 Å². The van der Waals surface area contributed by atoms with Gasteiger partial charge in [0.15, 0.2) is 6.61 Å². The number of ether oxygens (including phenoxy) is 2. The number of benzene rings is 2. The molecule has 0 aliphatic heterocycles. The Labute approximate surface area is 135 Å². The molecular formula is C18H19NO4. The molecule has 0 aliphatic rings. The van der Waals surface area contributed by atoms with Gasteiger partial charge in [-0.25, -0.2) is 0 Å². The third kappa shape index (κ3) is 5.82. The molecule has 2 aromatic rings. The van der Waals surface area contributed by atoms with Gasteiger partial charge in [0.1, 0.15) is 5.75 Å². The van der Waals surface area contributed by atoms with E-state index < -0.39 is 5.97 Å². The second-order valence-electron chi connectivity index (χ2n) is 4.83. The monoisotopic (exact) mass is 313 g/mol. The molecular weight excluding hydrogens is 294 g/mol. The van der Waals surface area contributed by atoms with Gasteiger partial charge in [-0.05, 0) is 36.8 Å². The van der Waals surface area contributed by atoms with Gasteiger partial charge in [-0.2, -0.15) is 0 Å². The van der Waals surface area contributed by atoms with Crippen LogP contribution < -0.4 is 10.1 Å². The first-order valence-electron chi connectivity index (χ1n) is 7.39. The second-order valence-corrected chi connectivity index (χ2v) is 4.83. The van der Waals surface area contributed by atoms with Gasteiger partial charge in [-0.1, -0.05) is 30.3 Å². The Balaban J connectivity index is 1.75. The maximum absolute atomic E-state index is 11.7. The van der Waals surface area contributed by atoms with Crippen LogP contribution in [0.2, 0.25) is 0 Å². The van der Waals surface area contributed by atoms with Crippen molar-refractivity contribution in [2.24, 2.45) is 0 Å². The third-order valence-electron chi connectivity index (χ3n) is 3.00. The molecule has 120 valence electrons. The first-order chi connectivity index (χ1) is 11.2. The fourth-order valence-electron chi connectivity index (χ4n) is 1.95. The minimum absolute atomic E-state index is 0.116. The molecule has 0 bridgehead atoms. The summed E-state index contributed by atoms with van der Waals surface area (Å²) in [6.07, 6.45) is 0.116. The highest BCUT2D eigenvalue weighted by molar-refractivity contribution is 5.92. The molecule has 0 aliphatic carbocycles. The lowest BCUT2D eigenvalue weighted by Gasteiger charge is -2.07. The van der Waals surface area contributed by atoms with Crippen LogP contribution in [0.25, 0.3) is 0 Å². The molecule has 1 amide bonds. The largest absolute Gasteiger partial charge is 0.494 e. The second kappa shape index (κ2) is 8.58. The number of hydrogen-bond acceptors (Lipinski definition) is 4. The summed E-state index contributed by atoms with van der Waals surface area (Å²) >= 11 is 0. The predicted molar refractivity (Wildman–Crippen MR) is 87.3 cm³/mol. The van der Waals surface area contributed by atoms with E-state index in [4.69, 9.17) is 9.47 Å². The maximum Gasteiger partial charge on any atom is 0.310 e. The first-order valence-corrected chi connectivity index (χ1v) is 7.39. The summed E-state index contributed by atoms with van der Waals surface area (Å²) < 4.78 is 10.3. The molecule has 0 fully saturated rings. The number of rotatable bonds is 7. The first kappa shape index (κ1) is 16.5. The van der Waals surface area contributed by atoms with Gasteiger partial charge in [0.25, 0.3) is 5.91 Å². The Morgan fingerprint density at radius 2 is 1.70 bits per heavy atom. The van der Waals surface area contributed by atoms with E-state index in [0.717, 1.165) is 11.3 Å². The number of amides is 1. The quantitative estimate of drug-likeness (QED) is 0.798. The molecule has 0 radical (unpaired) electrons. The zero-order valence-electron chi connectivity index (χ0n) is 13.0. The lowest BCUT2D eigenvalue weighted by Crippen LogP contribution is -2.21. The third-order valence-corrected chi connectivity index (χ3v) is 3.00. The smallest absolute Gasteiger partial charge is 0.310 e. The van der Waals surface area contributed by atoms with E-state index in [9.17, 15) is 9.59 Å². The Hall–Kier alpha value is -2.82. The van der Waals surface area contributed by atoms with E-state index in [0.29, 0.717) is 12.3 Å². The molecule has 5 heteroatoms. The number of para-hydroxylation sites is 1. The maximum atomic E-state index is 11.7. The highest BCUT2D eigenvalue weighted by atomic mass is 16.5. The van der Waals surface area contributed by atoms with Crippen LogP contribution in [-0.4, -0.2) is 25.1 Å². The van der Waals surface area contributed by atoms with E-state index in [-0.39, 0.29) is 18.9 Å². The van der Waals surface area contributed by atoms with Gasteiger partial charge >= 0.3 is 5.97 Å². The molecule has 5 nitrogen and oxygen atoms in total. The Kier molecular flexibility index (Phi) is 6.17. The van der Waals surface area contributed by atoms with Crippen LogP contribution in [0.15, 0.2) is 54.6 Å². The summed E-state index contributed by atoms with van der Waals surface area (Å²) in [6.45, 7) is 2.20. The summed E-state index contributed by atoms with van der Waals surface area (Å²) in [4.78, 5) is 23.4. The average Bonchev–Trinajstić information content (AvgIpc) is 2.56. The van der Waals surface area contributed by atoms with Crippen LogP contribution in [0.5, 0.6) is 5.75 Å². The van der Waals surface area contributed by atoms with Crippen molar-refractivity contribution in [1.82, 2.24) is 0 Å². The predicted octanol–water partition coefficient (Wildman–Crippen LogP) is 2.81. The standard InChI is InChI=1S/C18H19NO4/c1-2-22-16-10-8-14(9-11-16)12-18(21)23-13-17(20)19-15-6-4-3-5-7-15/h3-11H,2,12-13H2,1H3,(H,19,20). The van der Waals surface area contributed by atoms with Crippen LogP contribution in [-0.2, 0) is 20.7 Å². The van der Waals surface area contributed by atoms with Crippen molar-refractivity contribution in [1.29, 1.82) is 0 Å². The molecule has 1 N–H and O–H groups in total. The average molecular weight is 313 g/mol. The van der Waals surface area contributed by atoms with Crippen molar-refractivity contribution in [2.45, 2.75) is 13.3 Å². The van der Waals surface area contributed by atoms with Crippen molar-refractivity contribution in [3.63, 3.8) is 0 Å². The van der Waals surface area contributed by atoms with Crippen LogP contribution in [0.3, 0.4) is 0 Å². The van der Waals surface area contributed by atoms with Gasteiger partial charge < -0.3 is 14.8 Å². The summed E-state index contributed by atoms with van der Waals surface area (Å²) in [5.74, 6) is -0.0551. The number of hydrogen-bond donors (Lipinski definition) is 1. The highest BCUT2D eigenvalue weighted by Gasteiger charge is 2.09. The summed E-state index contributed by atoms with van der Waals surface area (Å²) in [6, 6.07) is 16.2. The fourth-order valence-corrected chi connectivity index (χ4v) is 1.95. The van der Waals surface area contributed by atoms with Crippen LogP contribution in [0.1, 0.15) is 12.5 Å². The van der Waals surface area contributed by atoms with Crippen LogP contribution in [0, 0.1) is 0 Å². The van der Waals surface area contributed by atoms with E-state index in [1.165, 1.54) is 0 Å². The highest BCUT2D eigenvalue weighted by Crippen LogP contribution is 2.12. The normalized spacial score (nSPS) is 9.96. The van der Waals surface area contributed by atoms with E-state index in [1.54, 1.807) is 36.4 Å². The number of anilines is 1. The molecule has 0 saturated heterocycles. The molecule has 0 unspecified atom stereocenters. The summed E-state index contributed by atoms with van der Waals surface area (Å²) in [7, 11) is 0. The van der Waals surface area contributed by atoms with Crippen molar-refractivity contribution in [3.05, 3.63) is 60.2 Å². The van der Waals surface area contributed by atoms with Gasteiger partial charge in [0.05, 0.1) is 13.0 Å². The molecule has 0 spiro atoms. The zero-order chi connectivity index (χ0) is 16.5. The molecule has 0 atom stereocenters. The minimum Gasteiger partial charge on any atom is -0.494 e. The van der Waals surface area contributed by atoms with E-state index >= 15 is 0 Å². The van der Waals surface area contributed by atoms with Crippen molar-refractivity contribution < 1.29 is 19.1 Å². The van der Waals surface area contributed by atoms with E-state index in [2.05, 4.69) is 5.32 Å². The number of carbonyl (C=O) groups is 2. The van der Waals surface area contributed by atoms with E-state index in [1.807, 2.05) is 25.1 Å². The van der Waals surface area contributed by atoms with Gasteiger partial charge in [0, 0.05) is 5.69 Å². The zero-order valence-corrected chi connectivity index (χ0v) is 13.0. The lowest BCUT2D eigenvalue weighted by atomic mass is 10.1. The SMILES string of the molecule is CCOc1ccc(CC(=O)OCC(=O)Nc2ccccc2)cc1. The molecule has 0 saturated carbocycles. The molecule has 0 heterocycles. The summed E-state index contributed by atoms with van der Waals surface area (Å²) in [5.41, 5.74) is 1.47. The van der Waals surface area contributed by atoms with Crippen molar-refractivity contribution in [3.8, 4) is 5.75 Å². The molecule has 2 aromatic carbocycles. The molecule has 0 aromatic heterocycles. The number of esters is 1. The van der Waals surface area contributed by atoms with Crippen LogP contribution in [0.4, 0.5) is 5.69 Å². The van der Waals surface area contributed by atoms with Crippen molar-refractivity contribution >= 4 is 17.6 Å². The number of carbonyl (C=O) groups excluding carboxylic acids is 2. The summed E-state index contributed by atoms with van der Waals surface area (Å²) in [5, 5.41) is 2.65. The Bertz CT molecular complexity index is 638. The Morgan fingerprint density at radius 1 is 1.00 bits per heavy atom. The Morgan fingerprint density at radius 3 is 2.35 bits per heavy atom. The van der Waals surface area contributed by atoms with Gasteiger partial charge in [-0.15, -0.1) is 0 Å². The minimum atomic E-state index is -0.447. The fraction of sp³-hybridized carbons (Fsp3) is 0.222. The number of nitrogens with one attached hydrogen (secondary N) is 1. The molecule has 2 rings (SSSR count). The lowest BCUT2D eigenvalue weighted by molar-refractivity contribution is -0.146. The molecule has 23 heavy (non-hydrogen) atoms.